The zero-order chi connectivity index (χ0) is 11.5. The van der Waals surface area contributed by atoms with E-state index in [2.05, 4.69) is 6.92 Å². The van der Waals surface area contributed by atoms with Crippen molar-refractivity contribution in [3.8, 4) is 0 Å². The molecule has 0 bridgehead atoms. The Labute approximate surface area is 91.9 Å². The topological polar surface area (TPSA) is 44.8 Å². The van der Waals surface area contributed by atoms with Crippen LogP contribution in [-0.2, 0) is 19.0 Å². The fourth-order valence-electron chi connectivity index (χ4n) is 1.16. The lowest BCUT2D eigenvalue weighted by Gasteiger charge is -2.15. The van der Waals surface area contributed by atoms with Gasteiger partial charge in [0.25, 0.3) is 0 Å². The fourth-order valence-corrected chi connectivity index (χ4v) is 1.16. The molecular formula is C11H22O4. The van der Waals surface area contributed by atoms with E-state index in [9.17, 15) is 4.79 Å². The molecule has 4 heteroatoms. The molecule has 0 amide bonds. The van der Waals surface area contributed by atoms with Crippen LogP contribution in [0.4, 0.5) is 0 Å². The Morgan fingerprint density at radius 3 is 2.47 bits per heavy atom. The fraction of sp³-hybridized carbons (Fsp3) is 0.909. The molecule has 0 saturated carbocycles. The van der Waals surface area contributed by atoms with Gasteiger partial charge in [-0.3, -0.25) is 4.79 Å². The van der Waals surface area contributed by atoms with Crippen molar-refractivity contribution in [1.82, 2.24) is 0 Å². The SMILES string of the molecule is CCOCCO[C@@H](CC)CCOC(C)=O. The van der Waals surface area contributed by atoms with Crippen molar-refractivity contribution in [2.24, 2.45) is 0 Å². The number of carbonyl (C=O) groups is 1. The van der Waals surface area contributed by atoms with Crippen LogP contribution in [-0.4, -0.2) is 38.5 Å². The average molecular weight is 218 g/mol. The molecule has 0 radical (unpaired) electrons. The predicted octanol–water partition coefficient (Wildman–Crippen LogP) is 1.77. The van der Waals surface area contributed by atoms with E-state index in [1.807, 2.05) is 6.92 Å². The van der Waals surface area contributed by atoms with Gasteiger partial charge in [-0.05, 0) is 13.3 Å². The third kappa shape index (κ3) is 9.69. The molecule has 0 aromatic rings. The Morgan fingerprint density at radius 2 is 1.93 bits per heavy atom. The summed E-state index contributed by atoms with van der Waals surface area (Å²) in [5, 5.41) is 0. The Kier molecular flexibility index (Phi) is 9.52. The van der Waals surface area contributed by atoms with E-state index in [-0.39, 0.29) is 12.1 Å². The smallest absolute Gasteiger partial charge is 0.302 e. The van der Waals surface area contributed by atoms with Gasteiger partial charge in [-0.2, -0.15) is 0 Å². The second-order valence-corrected chi connectivity index (χ2v) is 3.23. The minimum atomic E-state index is -0.237. The summed E-state index contributed by atoms with van der Waals surface area (Å²) in [4.78, 5) is 10.5. The van der Waals surface area contributed by atoms with Gasteiger partial charge in [0.05, 0.1) is 25.9 Å². The van der Waals surface area contributed by atoms with Crippen LogP contribution in [0.25, 0.3) is 0 Å². The number of hydrogen-bond acceptors (Lipinski definition) is 4. The first-order valence-corrected chi connectivity index (χ1v) is 5.53. The highest BCUT2D eigenvalue weighted by atomic mass is 16.5. The van der Waals surface area contributed by atoms with Crippen LogP contribution in [0, 0.1) is 0 Å². The summed E-state index contributed by atoms with van der Waals surface area (Å²) in [6, 6.07) is 0. The van der Waals surface area contributed by atoms with E-state index in [0.717, 1.165) is 12.8 Å². The standard InChI is InChI=1S/C11H22O4/c1-4-11(6-7-14-10(3)12)15-9-8-13-5-2/h11H,4-9H2,1-3H3/t11-/m0/s1. The van der Waals surface area contributed by atoms with Gasteiger partial charge in [0, 0.05) is 20.0 Å². The van der Waals surface area contributed by atoms with E-state index < -0.39 is 0 Å². The summed E-state index contributed by atoms with van der Waals surface area (Å²) in [6.45, 7) is 7.80. The molecule has 0 aliphatic heterocycles. The van der Waals surface area contributed by atoms with Crippen LogP contribution in [0.1, 0.15) is 33.6 Å². The van der Waals surface area contributed by atoms with Crippen molar-refractivity contribution >= 4 is 5.97 Å². The van der Waals surface area contributed by atoms with Gasteiger partial charge in [0.15, 0.2) is 0 Å². The third-order valence-electron chi connectivity index (χ3n) is 1.99. The molecule has 0 N–H and O–H groups in total. The largest absolute Gasteiger partial charge is 0.466 e. The molecule has 0 spiro atoms. The van der Waals surface area contributed by atoms with E-state index in [4.69, 9.17) is 14.2 Å². The number of carbonyl (C=O) groups excluding carboxylic acids is 1. The highest BCUT2D eigenvalue weighted by molar-refractivity contribution is 5.65. The molecule has 0 saturated heterocycles. The summed E-state index contributed by atoms with van der Waals surface area (Å²) in [6.07, 6.45) is 1.83. The van der Waals surface area contributed by atoms with Crippen molar-refractivity contribution in [3.63, 3.8) is 0 Å². The van der Waals surface area contributed by atoms with Crippen molar-refractivity contribution in [2.75, 3.05) is 26.4 Å². The van der Waals surface area contributed by atoms with Gasteiger partial charge in [-0.15, -0.1) is 0 Å². The maximum absolute atomic E-state index is 10.5. The molecule has 0 rings (SSSR count). The van der Waals surface area contributed by atoms with Crippen LogP contribution in [0.5, 0.6) is 0 Å². The monoisotopic (exact) mass is 218 g/mol. The molecule has 90 valence electrons. The number of hydrogen-bond donors (Lipinski definition) is 0. The maximum Gasteiger partial charge on any atom is 0.302 e. The van der Waals surface area contributed by atoms with E-state index in [1.165, 1.54) is 6.92 Å². The molecule has 15 heavy (non-hydrogen) atoms. The van der Waals surface area contributed by atoms with Gasteiger partial charge in [0.2, 0.25) is 0 Å². The molecule has 0 aromatic carbocycles. The highest BCUT2D eigenvalue weighted by Gasteiger charge is 2.06. The quantitative estimate of drug-likeness (QED) is 0.437. The molecule has 0 aromatic heterocycles. The lowest BCUT2D eigenvalue weighted by molar-refractivity contribution is -0.141. The van der Waals surface area contributed by atoms with Gasteiger partial charge in [0.1, 0.15) is 0 Å². The van der Waals surface area contributed by atoms with E-state index in [0.29, 0.717) is 26.4 Å². The van der Waals surface area contributed by atoms with Gasteiger partial charge >= 0.3 is 5.97 Å². The third-order valence-corrected chi connectivity index (χ3v) is 1.99. The van der Waals surface area contributed by atoms with Gasteiger partial charge in [-0.25, -0.2) is 0 Å². The first-order chi connectivity index (χ1) is 7.20. The van der Waals surface area contributed by atoms with E-state index >= 15 is 0 Å². The molecule has 0 fully saturated rings. The molecule has 0 aliphatic carbocycles. The van der Waals surface area contributed by atoms with Crippen LogP contribution < -0.4 is 0 Å². The zero-order valence-electron chi connectivity index (χ0n) is 9.95. The average Bonchev–Trinajstić information content (AvgIpc) is 2.21. The van der Waals surface area contributed by atoms with Crippen molar-refractivity contribution in [3.05, 3.63) is 0 Å². The predicted molar refractivity (Wildman–Crippen MR) is 57.8 cm³/mol. The Bertz CT molecular complexity index is 159. The number of rotatable bonds is 9. The summed E-state index contributed by atoms with van der Waals surface area (Å²) in [5.41, 5.74) is 0. The number of ether oxygens (including phenoxy) is 3. The van der Waals surface area contributed by atoms with Crippen molar-refractivity contribution in [2.45, 2.75) is 39.7 Å². The lowest BCUT2D eigenvalue weighted by Crippen LogP contribution is -2.18. The Balaban J connectivity index is 3.41. The first-order valence-electron chi connectivity index (χ1n) is 5.53. The Morgan fingerprint density at radius 1 is 1.20 bits per heavy atom. The molecule has 0 unspecified atom stereocenters. The van der Waals surface area contributed by atoms with Crippen LogP contribution in [0.2, 0.25) is 0 Å². The van der Waals surface area contributed by atoms with E-state index in [1.54, 1.807) is 0 Å². The number of esters is 1. The van der Waals surface area contributed by atoms with Gasteiger partial charge < -0.3 is 14.2 Å². The molecule has 1 atom stereocenters. The zero-order valence-corrected chi connectivity index (χ0v) is 9.95. The second-order valence-electron chi connectivity index (χ2n) is 3.23. The molecule has 0 heterocycles. The summed E-state index contributed by atoms with van der Waals surface area (Å²) >= 11 is 0. The molecular weight excluding hydrogens is 196 g/mol. The minimum Gasteiger partial charge on any atom is -0.466 e. The molecule has 4 nitrogen and oxygen atoms in total. The highest BCUT2D eigenvalue weighted by Crippen LogP contribution is 2.03. The summed E-state index contributed by atoms with van der Waals surface area (Å²) in [7, 11) is 0. The minimum absolute atomic E-state index is 0.157. The van der Waals surface area contributed by atoms with Crippen LogP contribution in [0.15, 0.2) is 0 Å². The summed E-state index contributed by atoms with van der Waals surface area (Å²) in [5.74, 6) is -0.237. The van der Waals surface area contributed by atoms with Crippen molar-refractivity contribution in [1.29, 1.82) is 0 Å². The van der Waals surface area contributed by atoms with Crippen molar-refractivity contribution < 1.29 is 19.0 Å². The van der Waals surface area contributed by atoms with Crippen LogP contribution >= 0.6 is 0 Å². The lowest BCUT2D eigenvalue weighted by atomic mass is 10.2. The molecule has 0 aliphatic rings. The second kappa shape index (κ2) is 9.93. The van der Waals surface area contributed by atoms with Crippen LogP contribution in [0.3, 0.4) is 0 Å². The summed E-state index contributed by atoms with van der Waals surface area (Å²) < 4.78 is 15.6. The first kappa shape index (κ1) is 14.4. The maximum atomic E-state index is 10.5. The Hall–Kier alpha value is -0.610. The van der Waals surface area contributed by atoms with Gasteiger partial charge in [-0.1, -0.05) is 6.92 Å². The normalized spacial score (nSPS) is 12.5.